The van der Waals surface area contributed by atoms with Crippen LogP contribution in [0.5, 0.6) is 0 Å². The lowest BCUT2D eigenvalue weighted by Crippen LogP contribution is -2.41. The molecule has 10 heteroatoms. The van der Waals surface area contributed by atoms with Crippen molar-refractivity contribution in [2.75, 3.05) is 12.3 Å². The van der Waals surface area contributed by atoms with E-state index in [0.717, 1.165) is 22.7 Å². The summed E-state index contributed by atoms with van der Waals surface area (Å²) in [4.78, 5) is 26.5. The summed E-state index contributed by atoms with van der Waals surface area (Å²) in [5, 5.41) is 18.4. The standard InChI is InChI=1S/C22H21N5O2S3/c28-19(24-21(29)23-11-10-17-8-4-12-30-17)15-32-22-26-25-20(18-9-5-13-31-18)27(22)14-16-6-2-1-3-7-16/h1-9,12-13H,10-11,14-15H2,(H2,23,24,28,29). The summed E-state index contributed by atoms with van der Waals surface area (Å²) in [5.74, 6) is 0.448. The maximum Gasteiger partial charge on any atom is 0.321 e. The highest BCUT2D eigenvalue weighted by atomic mass is 32.2. The van der Waals surface area contributed by atoms with Gasteiger partial charge in [-0.2, -0.15) is 0 Å². The van der Waals surface area contributed by atoms with Gasteiger partial charge < -0.3 is 5.32 Å². The Morgan fingerprint density at radius 3 is 2.53 bits per heavy atom. The van der Waals surface area contributed by atoms with Crippen LogP contribution in [0.1, 0.15) is 10.4 Å². The third-order valence-corrected chi connectivity index (χ3v) is 7.23. The first-order valence-electron chi connectivity index (χ1n) is 9.93. The number of urea groups is 1. The number of thiophene rings is 2. The van der Waals surface area contributed by atoms with Crippen LogP contribution in [0.15, 0.2) is 70.5 Å². The van der Waals surface area contributed by atoms with Crippen LogP contribution < -0.4 is 10.6 Å². The van der Waals surface area contributed by atoms with E-state index < -0.39 is 6.03 Å². The predicted molar refractivity (Wildman–Crippen MR) is 129 cm³/mol. The highest BCUT2D eigenvalue weighted by Crippen LogP contribution is 2.28. The van der Waals surface area contributed by atoms with Gasteiger partial charge in [0.1, 0.15) is 0 Å². The second-order valence-corrected chi connectivity index (χ2v) is 9.70. The van der Waals surface area contributed by atoms with Gasteiger partial charge in [-0.1, -0.05) is 54.2 Å². The van der Waals surface area contributed by atoms with Crippen molar-refractivity contribution in [3.63, 3.8) is 0 Å². The summed E-state index contributed by atoms with van der Waals surface area (Å²) in [6, 6.07) is 17.5. The number of aromatic nitrogens is 3. The quantitative estimate of drug-likeness (QED) is 0.347. The van der Waals surface area contributed by atoms with Gasteiger partial charge in [-0.05, 0) is 34.9 Å². The van der Waals surface area contributed by atoms with Crippen LogP contribution in [-0.4, -0.2) is 39.0 Å². The van der Waals surface area contributed by atoms with E-state index in [9.17, 15) is 9.59 Å². The fraction of sp³-hybridized carbons (Fsp3) is 0.182. The molecule has 3 heterocycles. The van der Waals surface area contributed by atoms with E-state index in [-0.39, 0.29) is 11.7 Å². The van der Waals surface area contributed by atoms with Gasteiger partial charge in [-0.15, -0.1) is 32.9 Å². The molecule has 0 bridgehead atoms. The summed E-state index contributed by atoms with van der Waals surface area (Å²) >= 11 is 4.49. The van der Waals surface area contributed by atoms with Crippen LogP contribution in [0.3, 0.4) is 0 Å². The van der Waals surface area contributed by atoms with Gasteiger partial charge in [-0.25, -0.2) is 4.79 Å². The number of carbonyl (C=O) groups is 2. The molecule has 0 saturated heterocycles. The lowest BCUT2D eigenvalue weighted by molar-refractivity contribution is -0.117. The Morgan fingerprint density at radius 2 is 1.78 bits per heavy atom. The van der Waals surface area contributed by atoms with E-state index in [2.05, 4.69) is 20.8 Å². The first-order valence-corrected chi connectivity index (χ1v) is 12.7. The lowest BCUT2D eigenvalue weighted by atomic mass is 10.2. The van der Waals surface area contributed by atoms with Gasteiger partial charge in [0, 0.05) is 11.4 Å². The zero-order valence-corrected chi connectivity index (χ0v) is 19.5. The number of thioether (sulfide) groups is 1. The largest absolute Gasteiger partial charge is 0.337 e. The first-order chi connectivity index (χ1) is 15.7. The average molecular weight is 484 g/mol. The molecule has 0 unspecified atom stereocenters. The molecule has 0 radical (unpaired) electrons. The molecule has 0 aliphatic rings. The van der Waals surface area contributed by atoms with Crippen molar-refractivity contribution in [2.24, 2.45) is 0 Å². The van der Waals surface area contributed by atoms with Crippen molar-refractivity contribution in [1.29, 1.82) is 0 Å². The Labute approximate surface area is 197 Å². The van der Waals surface area contributed by atoms with Crippen LogP contribution >= 0.6 is 34.4 Å². The molecule has 0 saturated carbocycles. The summed E-state index contributed by atoms with van der Waals surface area (Å²) in [5.41, 5.74) is 1.11. The van der Waals surface area contributed by atoms with E-state index in [0.29, 0.717) is 18.2 Å². The molecule has 0 spiro atoms. The molecule has 3 amide bonds. The predicted octanol–water partition coefficient (Wildman–Crippen LogP) is 4.28. The maximum atomic E-state index is 12.3. The second kappa shape index (κ2) is 11.1. The fourth-order valence-corrected chi connectivity index (χ4v) is 5.15. The molecule has 3 aromatic heterocycles. The van der Waals surface area contributed by atoms with Gasteiger partial charge in [-0.3, -0.25) is 14.7 Å². The van der Waals surface area contributed by atoms with E-state index >= 15 is 0 Å². The Morgan fingerprint density at radius 1 is 0.969 bits per heavy atom. The van der Waals surface area contributed by atoms with Crippen molar-refractivity contribution >= 4 is 46.4 Å². The zero-order valence-electron chi connectivity index (χ0n) is 17.1. The fourth-order valence-electron chi connectivity index (χ4n) is 2.98. The minimum atomic E-state index is -0.489. The monoisotopic (exact) mass is 483 g/mol. The zero-order chi connectivity index (χ0) is 22.2. The Balaban J connectivity index is 1.35. The number of nitrogens with one attached hydrogen (secondary N) is 2. The van der Waals surface area contributed by atoms with Crippen LogP contribution in [-0.2, 0) is 17.8 Å². The highest BCUT2D eigenvalue weighted by molar-refractivity contribution is 7.99. The number of amides is 3. The maximum absolute atomic E-state index is 12.3. The normalized spacial score (nSPS) is 10.8. The molecule has 1 aromatic carbocycles. The molecule has 0 fully saturated rings. The summed E-state index contributed by atoms with van der Waals surface area (Å²) in [6.45, 7) is 1.07. The number of hydrogen-bond acceptors (Lipinski definition) is 7. The molecule has 7 nitrogen and oxygen atoms in total. The topological polar surface area (TPSA) is 88.9 Å². The molecule has 0 atom stereocenters. The molecule has 4 aromatic rings. The van der Waals surface area contributed by atoms with Crippen LogP contribution in [0.4, 0.5) is 4.79 Å². The summed E-state index contributed by atoms with van der Waals surface area (Å²) in [6.07, 6.45) is 0.738. The van der Waals surface area contributed by atoms with Gasteiger partial charge >= 0.3 is 6.03 Å². The van der Waals surface area contributed by atoms with E-state index in [1.165, 1.54) is 16.6 Å². The minimum absolute atomic E-state index is 0.0652. The molecule has 32 heavy (non-hydrogen) atoms. The van der Waals surface area contributed by atoms with E-state index in [1.807, 2.05) is 69.9 Å². The van der Waals surface area contributed by atoms with Crippen LogP contribution in [0, 0.1) is 0 Å². The van der Waals surface area contributed by atoms with Crippen molar-refractivity contribution in [1.82, 2.24) is 25.4 Å². The summed E-state index contributed by atoms with van der Waals surface area (Å²) in [7, 11) is 0. The molecule has 0 aliphatic carbocycles. The molecular weight excluding hydrogens is 462 g/mol. The van der Waals surface area contributed by atoms with Crippen molar-refractivity contribution in [3.05, 3.63) is 75.8 Å². The van der Waals surface area contributed by atoms with Crippen LogP contribution in [0.2, 0.25) is 0 Å². The van der Waals surface area contributed by atoms with Crippen LogP contribution in [0.25, 0.3) is 10.7 Å². The Bertz CT molecular complexity index is 1140. The average Bonchev–Trinajstić information content (AvgIpc) is 3.56. The molecule has 164 valence electrons. The van der Waals surface area contributed by atoms with Gasteiger partial charge in [0.25, 0.3) is 0 Å². The van der Waals surface area contributed by atoms with Crippen molar-refractivity contribution in [2.45, 2.75) is 18.1 Å². The smallest absolute Gasteiger partial charge is 0.321 e. The van der Waals surface area contributed by atoms with Crippen molar-refractivity contribution in [3.8, 4) is 10.7 Å². The minimum Gasteiger partial charge on any atom is -0.337 e. The molecule has 0 aliphatic heterocycles. The third kappa shape index (κ3) is 6.06. The number of hydrogen-bond donors (Lipinski definition) is 2. The first kappa shape index (κ1) is 22.3. The summed E-state index contributed by atoms with van der Waals surface area (Å²) < 4.78 is 2.00. The number of carbonyl (C=O) groups excluding carboxylic acids is 2. The number of rotatable bonds is 9. The molecule has 4 rings (SSSR count). The second-order valence-electron chi connectivity index (χ2n) is 6.78. The van der Waals surface area contributed by atoms with Gasteiger partial charge in [0.2, 0.25) is 5.91 Å². The van der Waals surface area contributed by atoms with E-state index in [1.54, 1.807) is 22.7 Å². The Hall–Kier alpha value is -2.95. The highest BCUT2D eigenvalue weighted by Gasteiger charge is 2.17. The number of benzene rings is 1. The molecule has 2 N–H and O–H groups in total. The van der Waals surface area contributed by atoms with E-state index in [4.69, 9.17) is 0 Å². The number of nitrogens with zero attached hydrogens (tertiary/aromatic N) is 3. The van der Waals surface area contributed by atoms with Gasteiger partial charge in [0.05, 0.1) is 17.2 Å². The third-order valence-electron chi connectivity index (χ3n) is 4.46. The molecular formula is C22H21N5O2S3. The number of imide groups is 1. The Kier molecular flexibility index (Phi) is 7.70. The lowest BCUT2D eigenvalue weighted by Gasteiger charge is -2.10. The van der Waals surface area contributed by atoms with Gasteiger partial charge in [0.15, 0.2) is 11.0 Å². The van der Waals surface area contributed by atoms with Crippen molar-refractivity contribution < 1.29 is 9.59 Å². The SMILES string of the molecule is O=C(CSc1nnc(-c2cccs2)n1Cc1ccccc1)NC(=O)NCCc1cccs1.